The molecular weight excluding hydrogens is 490 g/mol. The van der Waals surface area contributed by atoms with E-state index in [4.69, 9.17) is 9.47 Å². The standard InChI is InChI=1S/C32H39N3O4/c1-5-39-31(37)20-29(26-14-13-22(2)28(19-26)24(4)36)27-15-16-30-32(23(27)3)33-34-35(30)17-9-10-18-38-21-25-11-7-6-8-12-25/h6-8,11-16,19,24,29,36H,5,9-10,17-18,20-21H2,1-4H3/t24-,29?/m0/s1. The maximum Gasteiger partial charge on any atom is 0.306 e. The molecule has 1 N–H and O–H groups in total. The van der Waals surface area contributed by atoms with Crippen LogP contribution in [0.25, 0.3) is 11.0 Å². The van der Waals surface area contributed by atoms with Gasteiger partial charge in [-0.3, -0.25) is 4.79 Å². The highest BCUT2D eigenvalue weighted by atomic mass is 16.5. The van der Waals surface area contributed by atoms with E-state index in [1.54, 1.807) is 6.92 Å². The molecule has 0 aliphatic rings. The van der Waals surface area contributed by atoms with Crippen molar-refractivity contribution in [2.75, 3.05) is 13.2 Å². The van der Waals surface area contributed by atoms with E-state index in [1.165, 1.54) is 5.56 Å². The second-order valence-corrected chi connectivity index (χ2v) is 10.1. The molecule has 39 heavy (non-hydrogen) atoms. The summed E-state index contributed by atoms with van der Waals surface area (Å²) >= 11 is 0. The molecule has 206 valence electrons. The largest absolute Gasteiger partial charge is 0.466 e. The van der Waals surface area contributed by atoms with Crippen LogP contribution in [-0.4, -0.2) is 39.3 Å². The van der Waals surface area contributed by atoms with Gasteiger partial charge in [0.25, 0.3) is 0 Å². The van der Waals surface area contributed by atoms with Crippen molar-refractivity contribution >= 4 is 17.0 Å². The Morgan fingerprint density at radius 3 is 2.56 bits per heavy atom. The molecule has 1 aromatic heterocycles. The summed E-state index contributed by atoms with van der Waals surface area (Å²) in [4.78, 5) is 12.6. The molecule has 7 heteroatoms. The molecule has 0 spiro atoms. The molecule has 4 aromatic rings. The zero-order chi connectivity index (χ0) is 27.8. The van der Waals surface area contributed by atoms with Gasteiger partial charge in [-0.2, -0.15) is 0 Å². The van der Waals surface area contributed by atoms with Crippen LogP contribution in [0.2, 0.25) is 0 Å². The van der Waals surface area contributed by atoms with Gasteiger partial charge in [0, 0.05) is 19.1 Å². The monoisotopic (exact) mass is 529 g/mol. The van der Waals surface area contributed by atoms with E-state index in [9.17, 15) is 9.90 Å². The fourth-order valence-electron chi connectivity index (χ4n) is 5.08. The second-order valence-electron chi connectivity index (χ2n) is 10.1. The Labute approximate surface area is 230 Å². The van der Waals surface area contributed by atoms with E-state index >= 15 is 0 Å². The number of aryl methyl sites for hydroxylation is 3. The maximum absolute atomic E-state index is 12.6. The summed E-state index contributed by atoms with van der Waals surface area (Å²) in [6, 6.07) is 20.4. The smallest absolute Gasteiger partial charge is 0.306 e. The van der Waals surface area contributed by atoms with E-state index in [1.807, 2.05) is 67.9 Å². The van der Waals surface area contributed by atoms with Crippen LogP contribution >= 0.6 is 0 Å². The third-order valence-electron chi connectivity index (χ3n) is 7.21. The second kappa shape index (κ2) is 13.5. The molecule has 0 amide bonds. The average Bonchev–Trinajstić information content (AvgIpc) is 3.34. The van der Waals surface area contributed by atoms with Crippen LogP contribution < -0.4 is 0 Å². The Hall–Kier alpha value is -3.55. The zero-order valence-electron chi connectivity index (χ0n) is 23.4. The van der Waals surface area contributed by atoms with Crippen LogP contribution in [0, 0.1) is 13.8 Å². The number of hydrogen-bond donors (Lipinski definition) is 1. The minimum absolute atomic E-state index is 0.208. The van der Waals surface area contributed by atoms with Crippen molar-refractivity contribution in [3.63, 3.8) is 0 Å². The van der Waals surface area contributed by atoms with E-state index < -0.39 is 6.10 Å². The van der Waals surface area contributed by atoms with E-state index in [0.29, 0.717) is 19.8 Å². The number of benzene rings is 3. The first-order valence-electron chi connectivity index (χ1n) is 13.8. The number of unbranched alkanes of at least 4 members (excludes halogenated alkanes) is 1. The third kappa shape index (κ3) is 7.11. The first kappa shape index (κ1) is 28.5. The normalized spacial score (nSPS) is 12.9. The molecular formula is C32H39N3O4. The molecule has 3 aromatic carbocycles. The van der Waals surface area contributed by atoms with Crippen LogP contribution in [0.3, 0.4) is 0 Å². The predicted octanol–water partition coefficient (Wildman–Crippen LogP) is 6.18. The lowest BCUT2D eigenvalue weighted by Gasteiger charge is -2.21. The van der Waals surface area contributed by atoms with E-state index in [2.05, 4.69) is 28.5 Å². The van der Waals surface area contributed by atoms with Crippen molar-refractivity contribution in [3.05, 3.63) is 94.0 Å². The third-order valence-corrected chi connectivity index (χ3v) is 7.21. The van der Waals surface area contributed by atoms with Crippen LogP contribution in [0.1, 0.15) is 78.5 Å². The van der Waals surface area contributed by atoms with Crippen LogP contribution in [0.5, 0.6) is 0 Å². The van der Waals surface area contributed by atoms with Crippen molar-refractivity contribution < 1.29 is 19.4 Å². The number of carbonyl (C=O) groups excluding carboxylic acids is 1. The summed E-state index contributed by atoms with van der Waals surface area (Å²) in [5.41, 5.74) is 7.85. The number of ether oxygens (including phenoxy) is 2. The average molecular weight is 530 g/mol. The lowest BCUT2D eigenvalue weighted by molar-refractivity contribution is -0.143. The maximum atomic E-state index is 12.6. The van der Waals surface area contributed by atoms with Gasteiger partial charge in [0.2, 0.25) is 0 Å². The Morgan fingerprint density at radius 1 is 1.03 bits per heavy atom. The van der Waals surface area contributed by atoms with Crippen LogP contribution in [-0.2, 0) is 27.4 Å². The van der Waals surface area contributed by atoms with Crippen LogP contribution in [0.4, 0.5) is 0 Å². The van der Waals surface area contributed by atoms with Crippen molar-refractivity contribution in [2.45, 2.75) is 72.1 Å². The SMILES string of the molecule is CCOC(=O)CC(c1ccc(C)c([C@H](C)O)c1)c1ccc2c(nnn2CCCCOCc2ccccc2)c1C. The fourth-order valence-corrected chi connectivity index (χ4v) is 5.08. The van der Waals surface area contributed by atoms with Gasteiger partial charge in [-0.1, -0.05) is 59.8 Å². The van der Waals surface area contributed by atoms with E-state index in [0.717, 1.165) is 58.2 Å². The number of aliphatic hydroxyl groups excluding tert-OH is 1. The minimum Gasteiger partial charge on any atom is -0.466 e. The van der Waals surface area contributed by atoms with Crippen molar-refractivity contribution in [3.8, 4) is 0 Å². The number of rotatable bonds is 13. The zero-order valence-corrected chi connectivity index (χ0v) is 23.4. The summed E-state index contributed by atoms with van der Waals surface area (Å²) in [6.45, 7) is 10.0. The number of carbonyl (C=O) groups is 1. The van der Waals surface area contributed by atoms with Crippen molar-refractivity contribution in [1.82, 2.24) is 15.0 Å². The first-order valence-corrected chi connectivity index (χ1v) is 13.8. The molecule has 0 aliphatic carbocycles. The minimum atomic E-state index is -0.597. The number of fused-ring (bicyclic) bond motifs is 1. The molecule has 1 heterocycles. The van der Waals surface area contributed by atoms with Gasteiger partial charge in [-0.05, 0) is 80.0 Å². The molecule has 0 aliphatic heterocycles. The van der Waals surface area contributed by atoms with E-state index in [-0.39, 0.29) is 18.3 Å². The Morgan fingerprint density at radius 2 is 1.82 bits per heavy atom. The van der Waals surface area contributed by atoms with Gasteiger partial charge >= 0.3 is 5.97 Å². The molecule has 4 rings (SSSR count). The Balaban J connectivity index is 1.50. The Kier molecular flexibility index (Phi) is 9.85. The molecule has 7 nitrogen and oxygen atoms in total. The van der Waals surface area contributed by atoms with Crippen molar-refractivity contribution in [2.24, 2.45) is 0 Å². The van der Waals surface area contributed by atoms with Gasteiger partial charge in [0.1, 0.15) is 5.52 Å². The van der Waals surface area contributed by atoms with Gasteiger partial charge in [-0.15, -0.1) is 5.10 Å². The first-order chi connectivity index (χ1) is 18.9. The van der Waals surface area contributed by atoms with Crippen LogP contribution in [0.15, 0.2) is 60.7 Å². The Bertz CT molecular complexity index is 1380. The molecule has 0 saturated heterocycles. The highest BCUT2D eigenvalue weighted by molar-refractivity contribution is 5.80. The summed E-state index contributed by atoms with van der Waals surface area (Å²) in [5, 5.41) is 19.2. The molecule has 0 saturated carbocycles. The molecule has 0 radical (unpaired) electrons. The fraction of sp³-hybridized carbons (Fsp3) is 0.406. The highest BCUT2D eigenvalue weighted by Gasteiger charge is 2.24. The number of nitrogens with zero attached hydrogens (tertiary/aromatic N) is 3. The van der Waals surface area contributed by atoms with Gasteiger partial charge in [0.05, 0.1) is 31.3 Å². The van der Waals surface area contributed by atoms with Gasteiger partial charge in [0.15, 0.2) is 0 Å². The number of aromatic nitrogens is 3. The highest BCUT2D eigenvalue weighted by Crippen LogP contribution is 2.35. The van der Waals surface area contributed by atoms with Gasteiger partial charge in [-0.25, -0.2) is 4.68 Å². The summed E-state index contributed by atoms with van der Waals surface area (Å²) < 4.78 is 13.1. The lowest BCUT2D eigenvalue weighted by Crippen LogP contribution is -2.13. The summed E-state index contributed by atoms with van der Waals surface area (Å²) in [7, 11) is 0. The number of esters is 1. The molecule has 0 fully saturated rings. The molecule has 2 atom stereocenters. The quantitative estimate of drug-likeness (QED) is 0.164. The predicted molar refractivity (Wildman–Crippen MR) is 153 cm³/mol. The topological polar surface area (TPSA) is 86.5 Å². The lowest BCUT2D eigenvalue weighted by atomic mass is 9.84. The number of hydrogen-bond acceptors (Lipinski definition) is 6. The molecule has 0 bridgehead atoms. The van der Waals surface area contributed by atoms with Crippen molar-refractivity contribution in [1.29, 1.82) is 0 Å². The number of aliphatic hydroxyl groups is 1. The summed E-state index contributed by atoms with van der Waals surface area (Å²) in [6.07, 6.45) is 1.48. The summed E-state index contributed by atoms with van der Waals surface area (Å²) in [5.74, 6) is -0.474. The van der Waals surface area contributed by atoms with Gasteiger partial charge < -0.3 is 14.6 Å². The molecule has 1 unspecified atom stereocenters.